The molecule has 0 amide bonds. The summed E-state index contributed by atoms with van der Waals surface area (Å²) in [7, 11) is 1.89. The first-order valence-corrected chi connectivity index (χ1v) is 6.18. The molecule has 2 rings (SSSR count). The molecule has 2 aromatic rings. The molecule has 2 aromatic heterocycles. The van der Waals surface area contributed by atoms with E-state index in [-0.39, 0.29) is 6.04 Å². The van der Waals surface area contributed by atoms with Crippen molar-refractivity contribution in [1.29, 1.82) is 0 Å². The highest BCUT2D eigenvalue weighted by Gasteiger charge is 2.04. The lowest BCUT2D eigenvalue weighted by atomic mass is 10.1. The van der Waals surface area contributed by atoms with E-state index in [1.165, 1.54) is 11.8 Å². The van der Waals surface area contributed by atoms with E-state index in [2.05, 4.69) is 15.1 Å². The Morgan fingerprint density at radius 3 is 2.59 bits per heavy atom. The van der Waals surface area contributed by atoms with Crippen LogP contribution in [0, 0.1) is 0 Å². The molecule has 0 radical (unpaired) electrons. The average Bonchev–Trinajstić information content (AvgIpc) is 2.66. The fourth-order valence-corrected chi connectivity index (χ4v) is 2.16. The van der Waals surface area contributed by atoms with Gasteiger partial charge in [-0.15, -0.1) is 0 Å². The predicted molar refractivity (Wildman–Crippen MR) is 66.7 cm³/mol. The third kappa shape index (κ3) is 3.54. The molecule has 0 saturated heterocycles. The lowest BCUT2D eigenvalue weighted by Gasteiger charge is -2.04. The van der Waals surface area contributed by atoms with Gasteiger partial charge in [0.2, 0.25) is 0 Å². The van der Waals surface area contributed by atoms with Gasteiger partial charge in [0.05, 0.1) is 11.1 Å². The van der Waals surface area contributed by atoms with E-state index < -0.39 is 0 Å². The van der Waals surface area contributed by atoms with Gasteiger partial charge < -0.3 is 5.73 Å². The van der Waals surface area contributed by atoms with Crippen molar-refractivity contribution in [2.24, 2.45) is 12.8 Å². The first-order valence-electron chi connectivity index (χ1n) is 5.36. The molecular formula is C11H15N5S. The van der Waals surface area contributed by atoms with E-state index in [0.29, 0.717) is 0 Å². The molecule has 2 N–H and O–H groups in total. The highest BCUT2D eigenvalue weighted by Crippen LogP contribution is 2.23. The van der Waals surface area contributed by atoms with Crippen molar-refractivity contribution in [3.8, 4) is 0 Å². The molecule has 0 aliphatic rings. The van der Waals surface area contributed by atoms with Gasteiger partial charge in [-0.1, -0.05) is 0 Å². The first kappa shape index (κ1) is 12.1. The second-order valence-electron chi connectivity index (χ2n) is 4.01. The van der Waals surface area contributed by atoms with Crippen LogP contribution in [0.15, 0.2) is 34.8 Å². The summed E-state index contributed by atoms with van der Waals surface area (Å²) < 4.78 is 1.76. The van der Waals surface area contributed by atoms with Crippen LogP contribution in [0.4, 0.5) is 0 Å². The maximum atomic E-state index is 5.72. The zero-order valence-corrected chi connectivity index (χ0v) is 10.7. The number of aromatic nitrogens is 4. The van der Waals surface area contributed by atoms with Crippen LogP contribution in [-0.2, 0) is 13.5 Å². The van der Waals surface area contributed by atoms with Gasteiger partial charge in [-0.25, -0.2) is 9.97 Å². The Hall–Kier alpha value is -1.40. The third-order valence-corrected chi connectivity index (χ3v) is 2.97. The number of nitrogens with zero attached hydrogens (tertiary/aromatic N) is 4. The van der Waals surface area contributed by atoms with Crippen molar-refractivity contribution in [2.75, 3.05) is 0 Å². The van der Waals surface area contributed by atoms with Gasteiger partial charge in [0.25, 0.3) is 0 Å². The Balaban J connectivity index is 2.03. The largest absolute Gasteiger partial charge is 0.328 e. The first-order chi connectivity index (χ1) is 8.13. The Morgan fingerprint density at radius 1 is 1.35 bits per heavy atom. The molecule has 5 nitrogen and oxygen atoms in total. The minimum atomic E-state index is 0.135. The summed E-state index contributed by atoms with van der Waals surface area (Å²) in [4.78, 5) is 9.63. The van der Waals surface area contributed by atoms with Gasteiger partial charge in [0, 0.05) is 31.7 Å². The molecule has 1 atom stereocenters. The summed E-state index contributed by atoms with van der Waals surface area (Å²) in [5.74, 6) is 0. The minimum absolute atomic E-state index is 0.135. The normalized spacial score (nSPS) is 12.6. The van der Waals surface area contributed by atoms with E-state index >= 15 is 0 Å². The van der Waals surface area contributed by atoms with E-state index in [9.17, 15) is 0 Å². The van der Waals surface area contributed by atoms with E-state index in [1.807, 2.05) is 32.6 Å². The van der Waals surface area contributed by atoms with Crippen LogP contribution in [0.3, 0.4) is 0 Å². The second-order valence-corrected chi connectivity index (χ2v) is 5.05. The van der Waals surface area contributed by atoms with Crippen LogP contribution in [0.5, 0.6) is 0 Å². The van der Waals surface area contributed by atoms with Crippen molar-refractivity contribution >= 4 is 11.8 Å². The minimum Gasteiger partial charge on any atom is -0.328 e. The second kappa shape index (κ2) is 5.29. The number of hydrogen-bond acceptors (Lipinski definition) is 5. The molecule has 0 spiro atoms. The molecule has 0 aliphatic heterocycles. The number of rotatable bonds is 4. The topological polar surface area (TPSA) is 69.6 Å². The molecule has 6 heteroatoms. The van der Waals surface area contributed by atoms with Crippen LogP contribution in [0.25, 0.3) is 0 Å². The molecule has 0 saturated carbocycles. The Bertz CT molecular complexity index is 477. The van der Waals surface area contributed by atoms with E-state index in [0.717, 1.165) is 22.0 Å². The summed E-state index contributed by atoms with van der Waals surface area (Å²) >= 11 is 1.50. The van der Waals surface area contributed by atoms with Gasteiger partial charge in [0.15, 0.2) is 5.16 Å². The van der Waals surface area contributed by atoms with Crippen molar-refractivity contribution in [2.45, 2.75) is 29.4 Å². The smallest absolute Gasteiger partial charge is 0.192 e. The summed E-state index contributed by atoms with van der Waals surface area (Å²) in [5, 5.41) is 4.82. The Labute approximate surface area is 104 Å². The molecule has 0 fully saturated rings. The Morgan fingerprint density at radius 2 is 2.06 bits per heavy atom. The molecule has 17 heavy (non-hydrogen) atoms. The Kier molecular flexibility index (Phi) is 3.75. The monoisotopic (exact) mass is 249 g/mol. The fraction of sp³-hybridized carbons (Fsp3) is 0.364. The van der Waals surface area contributed by atoms with Crippen LogP contribution in [0.1, 0.15) is 12.5 Å². The average molecular weight is 249 g/mol. The summed E-state index contributed by atoms with van der Waals surface area (Å²) in [6.07, 6.45) is 8.19. The fourth-order valence-electron chi connectivity index (χ4n) is 1.43. The molecule has 0 bridgehead atoms. The predicted octanol–water partition coefficient (Wildman–Crippen LogP) is 1.25. The molecule has 0 aromatic carbocycles. The van der Waals surface area contributed by atoms with Gasteiger partial charge in [-0.05, 0) is 30.7 Å². The van der Waals surface area contributed by atoms with Gasteiger partial charge in [-0.3, -0.25) is 4.68 Å². The zero-order valence-electron chi connectivity index (χ0n) is 9.87. The summed E-state index contributed by atoms with van der Waals surface area (Å²) in [6.45, 7) is 1.97. The quantitative estimate of drug-likeness (QED) is 0.826. The van der Waals surface area contributed by atoms with Gasteiger partial charge in [0.1, 0.15) is 0 Å². The van der Waals surface area contributed by atoms with Crippen LogP contribution in [0.2, 0.25) is 0 Å². The molecule has 1 unspecified atom stereocenters. The highest BCUT2D eigenvalue weighted by atomic mass is 32.2. The number of nitrogens with two attached hydrogens (primary N) is 1. The number of hydrogen-bond donors (Lipinski definition) is 1. The van der Waals surface area contributed by atoms with Crippen LogP contribution < -0.4 is 5.73 Å². The maximum Gasteiger partial charge on any atom is 0.192 e. The van der Waals surface area contributed by atoms with Gasteiger partial charge >= 0.3 is 0 Å². The maximum absolute atomic E-state index is 5.72. The third-order valence-electron chi connectivity index (χ3n) is 2.13. The summed E-state index contributed by atoms with van der Waals surface area (Å²) in [5.41, 5.74) is 6.78. The molecule has 2 heterocycles. The highest BCUT2D eigenvalue weighted by molar-refractivity contribution is 7.99. The van der Waals surface area contributed by atoms with Crippen LogP contribution in [-0.4, -0.2) is 25.8 Å². The lowest BCUT2D eigenvalue weighted by Crippen LogP contribution is -2.17. The lowest BCUT2D eigenvalue weighted by molar-refractivity contribution is 0.727. The number of aryl methyl sites for hydroxylation is 1. The van der Waals surface area contributed by atoms with Gasteiger partial charge in [-0.2, -0.15) is 5.10 Å². The van der Waals surface area contributed by atoms with E-state index in [1.54, 1.807) is 10.9 Å². The van der Waals surface area contributed by atoms with Crippen molar-refractivity contribution < 1.29 is 0 Å². The van der Waals surface area contributed by atoms with E-state index in [4.69, 9.17) is 5.73 Å². The van der Waals surface area contributed by atoms with Crippen LogP contribution >= 0.6 is 11.8 Å². The van der Waals surface area contributed by atoms with Crippen molar-refractivity contribution in [1.82, 2.24) is 19.7 Å². The van der Waals surface area contributed by atoms with Crippen molar-refractivity contribution in [3.05, 3.63) is 30.4 Å². The molecular weight excluding hydrogens is 234 g/mol. The SMILES string of the molecule is CC(N)Cc1cnc(Sc2cnn(C)c2)nc1. The zero-order chi connectivity index (χ0) is 12.3. The van der Waals surface area contributed by atoms with Crippen molar-refractivity contribution in [3.63, 3.8) is 0 Å². The standard InChI is InChI=1S/C11H15N5S/c1-8(12)3-9-4-13-11(14-5-9)17-10-6-15-16(2)7-10/h4-8H,3,12H2,1-2H3. The molecule has 0 aliphatic carbocycles. The summed E-state index contributed by atoms with van der Waals surface area (Å²) in [6, 6.07) is 0.135. The molecule has 90 valence electrons.